The molecule has 0 bridgehead atoms. The van der Waals surface area contributed by atoms with Gasteiger partial charge in [0.2, 0.25) is 5.91 Å². The highest BCUT2D eigenvalue weighted by atomic mass is 32.1. The minimum absolute atomic E-state index is 0.0279. The van der Waals surface area contributed by atoms with Crippen molar-refractivity contribution < 1.29 is 14.4 Å². The van der Waals surface area contributed by atoms with E-state index >= 15 is 0 Å². The van der Waals surface area contributed by atoms with E-state index in [-0.39, 0.29) is 24.3 Å². The molecular formula is C33H33N5O3S. The molecule has 1 N–H and O–H groups in total. The molecular weight excluding hydrogens is 546 g/mol. The van der Waals surface area contributed by atoms with Gasteiger partial charge in [0, 0.05) is 31.6 Å². The van der Waals surface area contributed by atoms with E-state index in [0.29, 0.717) is 47.6 Å². The Bertz CT molecular complexity index is 1650. The first-order valence-electron chi connectivity index (χ1n) is 14.3. The lowest BCUT2D eigenvalue weighted by molar-refractivity contribution is -0.135. The molecule has 0 unspecified atom stereocenters. The Morgan fingerprint density at radius 3 is 2.31 bits per heavy atom. The molecule has 8 nitrogen and oxygen atoms in total. The van der Waals surface area contributed by atoms with Gasteiger partial charge in [-0.15, -0.1) is 11.3 Å². The first-order chi connectivity index (χ1) is 20.5. The van der Waals surface area contributed by atoms with Gasteiger partial charge in [0.05, 0.1) is 29.1 Å². The predicted molar refractivity (Wildman–Crippen MR) is 163 cm³/mol. The molecule has 0 aliphatic carbocycles. The van der Waals surface area contributed by atoms with E-state index in [9.17, 15) is 14.4 Å². The van der Waals surface area contributed by atoms with Gasteiger partial charge >= 0.3 is 0 Å². The van der Waals surface area contributed by atoms with Crippen LogP contribution in [0.3, 0.4) is 0 Å². The van der Waals surface area contributed by atoms with E-state index in [1.165, 1.54) is 16.2 Å². The fourth-order valence-corrected chi connectivity index (χ4v) is 6.59. The topological polar surface area (TPSA) is 87.0 Å². The zero-order chi connectivity index (χ0) is 29.1. The summed E-state index contributed by atoms with van der Waals surface area (Å²) < 4.78 is 1.98. The summed E-state index contributed by atoms with van der Waals surface area (Å²) in [5.41, 5.74) is 4.54. The standard InChI is InChI=1S/C33H33N5O3S/c1-23-8-7-11-25(20-23)35-33-38(26(22-42-33)21-37-30(39)27-12-5-6-13-28(27)31(37)40)29(15-14-24-9-3-2-4-10-24)32(41)36-18-16-34-17-19-36/h2-13,20,22,29,34H,14-19,21H2,1H3/t29-/m0/s1. The number of aryl methyl sites for hydroxylation is 2. The summed E-state index contributed by atoms with van der Waals surface area (Å²) in [4.78, 5) is 49.7. The van der Waals surface area contributed by atoms with E-state index in [1.807, 2.05) is 64.2 Å². The van der Waals surface area contributed by atoms with Crippen molar-refractivity contribution >= 4 is 34.7 Å². The van der Waals surface area contributed by atoms with Crippen LogP contribution in [0.5, 0.6) is 0 Å². The van der Waals surface area contributed by atoms with Gasteiger partial charge in [-0.1, -0.05) is 54.6 Å². The van der Waals surface area contributed by atoms with Gasteiger partial charge in [-0.2, -0.15) is 0 Å². The Kier molecular flexibility index (Phi) is 8.12. The molecule has 6 rings (SSSR count). The first-order valence-corrected chi connectivity index (χ1v) is 15.2. The molecule has 0 saturated carbocycles. The van der Waals surface area contributed by atoms with Crippen molar-refractivity contribution in [1.82, 2.24) is 19.7 Å². The van der Waals surface area contributed by atoms with Crippen LogP contribution in [-0.2, 0) is 17.8 Å². The highest BCUT2D eigenvalue weighted by molar-refractivity contribution is 7.07. The van der Waals surface area contributed by atoms with Crippen molar-refractivity contribution in [3.63, 3.8) is 0 Å². The number of thiazole rings is 1. The van der Waals surface area contributed by atoms with Crippen LogP contribution >= 0.6 is 11.3 Å². The van der Waals surface area contributed by atoms with Gasteiger partial charge in [0.15, 0.2) is 4.80 Å². The van der Waals surface area contributed by atoms with E-state index in [1.54, 1.807) is 24.3 Å². The summed E-state index contributed by atoms with van der Waals surface area (Å²) in [6.45, 7) is 4.82. The van der Waals surface area contributed by atoms with Gasteiger partial charge in [-0.05, 0) is 55.2 Å². The lowest BCUT2D eigenvalue weighted by Gasteiger charge is -2.32. The Morgan fingerprint density at radius 1 is 0.929 bits per heavy atom. The largest absolute Gasteiger partial charge is 0.338 e. The van der Waals surface area contributed by atoms with E-state index in [0.717, 1.165) is 29.9 Å². The zero-order valence-corrected chi connectivity index (χ0v) is 24.3. The van der Waals surface area contributed by atoms with E-state index in [4.69, 9.17) is 4.99 Å². The number of hydrogen-bond acceptors (Lipinski definition) is 6. The van der Waals surface area contributed by atoms with Gasteiger partial charge in [-0.25, -0.2) is 4.99 Å². The average molecular weight is 580 g/mol. The monoisotopic (exact) mass is 579 g/mol. The highest BCUT2D eigenvalue weighted by Gasteiger charge is 2.37. The fourth-order valence-electron chi connectivity index (χ4n) is 5.64. The molecule has 9 heteroatoms. The number of nitrogens with one attached hydrogen (secondary N) is 1. The van der Waals surface area contributed by atoms with Crippen molar-refractivity contribution in [2.24, 2.45) is 4.99 Å². The second-order valence-electron chi connectivity index (χ2n) is 10.7. The number of amides is 3. The third-order valence-electron chi connectivity index (χ3n) is 7.82. The van der Waals surface area contributed by atoms with Crippen LogP contribution in [0.4, 0.5) is 5.69 Å². The minimum Gasteiger partial charge on any atom is -0.338 e. The average Bonchev–Trinajstić information content (AvgIpc) is 3.51. The third-order valence-corrected chi connectivity index (χ3v) is 8.70. The predicted octanol–water partition coefficient (Wildman–Crippen LogP) is 4.49. The lowest BCUT2D eigenvalue weighted by atomic mass is 10.0. The van der Waals surface area contributed by atoms with Crippen LogP contribution in [0.2, 0.25) is 0 Å². The number of carbonyl (C=O) groups excluding carboxylic acids is 3. The molecule has 4 aromatic rings. The molecule has 2 aliphatic rings. The van der Waals surface area contributed by atoms with Gasteiger partial charge in [0.25, 0.3) is 11.8 Å². The molecule has 1 fully saturated rings. The van der Waals surface area contributed by atoms with E-state index < -0.39 is 6.04 Å². The van der Waals surface area contributed by atoms with E-state index in [2.05, 4.69) is 17.4 Å². The lowest BCUT2D eigenvalue weighted by Crippen LogP contribution is -2.49. The minimum atomic E-state index is -0.553. The number of imide groups is 1. The Hall–Kier alpha value is -4.34. The van der Waals surface area contributed by atoms with Gasteiger partial charge < -0.3 is 14.8 Å². The number of fused-ring (bicyclic) bond motifs is 1. The summed E-state index contributed by atoms with van der Waals surface area (Å²) in [6, 6.07) is 24.4. The second kappa shape index (κ2) is 12.3. The summed E-state index contributed by atoms with van der Waals surface area (Å²) in [6.07, 6.45) is 1.25. The molecule has 1 saturated heterocycles. The molecule has 42 heavy (non-hydrogen) atoms. The molecule has 2 aliphatic heterocycles. The van der Waals surface area contributed by atoms with Crippen molar-refractivity contribution in [2.45, 2.75) is 32.4 Å². The Morgan fingerprint density at radius 2 is 1.62 bits per heavy atom. The van der Waals surface area contributed by atoms with Crippen LogP contribution in [0.1, 0.15) is 50.0 Å². The quantitative estimate of drug-likeness (QED) is 0.312. The molecule has 3 heterocycles. The van der Waals surface area contributed by atoms with Crippen molar-refractivity contribution in [3.8, 4) is 0 Å². The van der Waals surface area contributed by atoms with Crippen molar-refractivity contribution in [3.05, 3.63) is 117 Å². The third kappa shape index (κ3) is 5.70. The smallest absolute Gasteiger partial charge is 0.261 e. The highest BCUT2D eigenvalue weighted by Crippen LogP contribution is 2.27. The molecule has 1 atom stereocenters. The Balaban J connectivity index is 1.44. The maximum Gasteiger partial charge on any atom is 0.261 e. The summed E-state index contributed by atoms with van der Waals surface area (Å²) in [5.74, 6) is -0.611. The molecule has 3 amide bonds. The Labute approximate surface area is 248 Å². The first kappa shape index (κ1) is 27.8. The zero-order valence-electron chi connectivity index (χ0n) is 23.5. The van der Waals surface area contributed by atoms with Gasteiger partial charge in [0.1, 0.15) is 6.04 Å². The maximum absolute atomic E-state index is 14.3. The summed E-state index contributed by atoms with van der Waals surface area (Å²) in [7, 11) is 0. The van der Waals surface area contributed by atoms with Crippen LogP contribution in [0.15, 0.2) is 89.2 Å². The molecule has 3 aromatic carbocycles. The molecule has 0 radical (unpaired) electrons. The number of carbonyl (C=O) groups is 3. The number of rotatable bonds is 8. The molecule has 214 valence electrons. The number of aromatic nitrogens is 1. The summed E-state index contributed by atoms with van der Waals surface area (Å²) >= 11 is 1.42. The van der Waals surface area contributed by atoms with Gasteiger partial charge in [-0.3, -0.25) is 19.3 Å². The normalized spacial score (nSPS) is 16.2. The number of piperazine rings is 1. The number of hydrogen-bond donors (Lipinski definition) is 1. The van der Waals surface area contributed by atoms with Crippen molar-refractivity contribution in [1.29, 1.82) is 0 Å². The number of nitrogens with zero attached hydrogens (tertiary/aromatic N) is 4. The molecule has 0 spiro atoms. The maximum atomic E-state index is 14.3. The van der Waals surface area contributed by atoms with Crippen LogP contribution in [0, 0.1) is 6.92 Å². The SMILES string of the molecule is Cc1cccc(N=c2scc(CN3C(=O)c4ccccc4C3=O)n2[C@@H](CCc2ccccc2)C(=O)N2CCNCC2)c1. The van der Waals surface area contributed by atoms with Crippen LogP contribution in [0.25, 0.3) is 0 Å². The second-order valence-corrected chi connectivity index (χ2v) is 11.5. The number of benzene rings is 3. The molecule has 1 aromatic heterocycles. The van der Waals surface area contributed by atoms with Crippen LogP contribution < -0.4 is 10.1 Å². The fraction of sp³-hybridized carbons (Fsp3) is 0.273. The van der Waals surface area contributed by atoms with Crippen molar-refractivity contribution in [2.75, 3.05) is 26.2 Å². The van der Waals surface area contributed by atoms with Crippen LogP contribution in [-0.4, -0.2) is 58.3 Å². The summed E-state index contributed by atoms with van der Waals surface area (Å²) in [5, 5.41) is 5.26.